The van der Waals surface area contributed by atoms with Crippen LogP contribution in [-0.4, -0.2) is 222 Å². The van der Waals surface area contributed by atoms with Crippen LogP contribution in [0.4, 0.5) is 0 Å². The van der Waals surface area contributed by atoms with Crippen molar-refractivity contribution in [2.75, 3.05) is 33.0 Å². The molecule has 21 nitrogen and oxygen atoms in total. The summed E-state index contributed by atoms with van der Waals surface area (Å²) in [7, 11) is 0. The van der Waals surface area contributed by atoms with Crippen molar-refractivity contribution in [2.24, 2.45) is 0 Å². The van der Waals surface area contributed by atoms with Crippen LogP contribution >= 0.6 is 0 Å². The first-order chi connectivity index (χ1) is 27.3. The quantitative estimate of drug-likeness (QED) is 0.0455. The second kappa shape index (κ2) is 24.0. The summed E-state index contributed by atoms with van der Waals surface area (Å²) in [6, 6.07) is 0. The second-order valence-corrected chi connectivity index (χ2v) is 15.2. The molecule has 0 aliphatic carbocycles. The van der Waals surface area contributed by atoms with Crippen molar-refractivity contribution in [3.8, 4) is 0 Å². The minimum absolute atomic E-state index is 0.0989. The van der Waals surface area contributed by atoms with E-state index in [1.807, 2.05) is 0 Å². The highest BCUT2D eigenvalue weighted by molar-refractivity contribution is 4.98. The number of aliphatic hydroxyl groups excluding tert-OH is 13. The van der Waals surface area contributed by atoms with Gasteiger partial charge in [-0.25, -0.2) is 0 Å². The summed E-state index contributed by atoms with van der Waals surface area (Å²) in [5.41, 5.74) is 0. The molecule has 13 N–H and O–H groups in total. The number of hydrogen-bond donors (Lipinski definition) is 13. The molecule has 0 radical (unpaired) electrons. The predicted octanol–water partition coefficient (Wildman–Crippen LogP) is -4.80. The zero-order chi connectivity index (χ0) is 41.8. The first kappa shape index (κ1) is 48.8. The molecule has 57 heavy (non-hydrogen) atoms. The van der Waals surface area contributed by atoms with Gasteiger partial charge in [0.25, 0.3) is 0 Å². The third kappa shape index (κ3) is 12.4. The van der Waals surface area contributed by atoms with E-state index in [1.165, 1.54) is 32.1 Å². The van der Waals surface area contributed by atoms with Gasteiger partial charge < -0.3 is 104 Å². The average Bonchev–Trinajstić information content (AvgIpc) is 3.20. The molecule has 4 heterocycles. The van der Waals surface area contributed by atoms with Gasteiger partial charge in [-0.2, -0.15) is 0 Å². The van der Waals surface area contributed by atoms with Gasteiger partial charge in [-0.15, -0.1) is 0 Å². The van der Waals surface area contributed by atoms with Crippen LogP contribution in [0.2, 0.25) is 0 Å². The molecule has 0 bridgehead atoms. The predicted molar refractivity (Wildman–Crippen MR) is 189 cm³/mol. The Morgan fingerprint density at radius 3 is 1.09 bits per heavy atom. The average molecular weight is 835 g/mol. The molecule has 4 aliphatic rings. The van der Waals surface area contributed by atoms with E-state index < -0.39 is 149 Å². The molecule has 0 aromatic carbocycles. The monoisotopic (exact) mass is 834 g/mol. The lowest BCUT2D eigenvalue weighted by atomic mass is 9.96. The molecule has 4 aliphatic heterocycles. The molecule has 0 unspecified atom stereocenters. The first-order valence-electron chi connectivity index (χ1n) is 20.1. The zero-order valence-corrected chi connectivity index (χ0v) is 32.2. The topological polar surface area (TPSA) is 337 Å². The molecule has 0 spiro atoms. The molecule has 0 saturated carbocycles. The highest BCUT2D eigenvalue weighted by Crippen LogP contribution is 2.35. The second-order valence-electron chi connectivity index (χ2n) is 15.2. The summed E-state index contributed by atoms with van der Waals surface area (Å²) >= 11 is 0. The molecule has 0 aromatic rings. The fourth-order valence-electron chi connectivity index (χ4n) is 7.46. The fourth-order valence-corrected chi connectivity index (χ4v) is 7.46. The third-order valence-electron chi connectivity index (χ3n) is 11.0. The summed E-state index contributed by atoms with van der Waals surface area (Å²) in [6.07, 6.45) is -24.4. The Morgan fingerprint density at radius 1 is 0.368 bits per heavy atom. The maximum absolute atomic E-state index is 11.3. The van der Waals surface area contributed by atoms with E-state index in [-0.39, 0.29) is 6.61 Å². The first-order valence-corrected chi connectivity index (χ1v) is 20.1. The normalized spacial score (nSPS) is 44.3. The summed E-state index contributed by atoms with van der Waals surface area (Å²) < 4.78 is 45.9. The lowest BCUT2D eigenvalue weighted by molar-refractivity contribution is -0.406. The van der Waals surface area contributed by atoms with E-state index in [0.717, 1.165) is 25.7 Å². The Kier molecular flexibility index (Phi) is 20.5. The van der Waals surface area contributed by atoms with E-state index in [0.29, 0.717) is 6.42 Å². The molecule has 20 atom stereocenters. The maximum atomic E-state index is 11.3. The summed E-state index contributed by atoms with van der Waals surface area (Å²) in [5.74, 6) is 0. The standard InChI is InChI=1S/C36H66O21/c1-2-3-4-5-6-7-8-9-10-11-12-50-30-26(46)22(42)18(14-38)52-34(30)56-32-28(48)24(44)20(16-40)54-36(32)57-31-27(47)23(43)19(15-39)53-35(31)55-29-25(45)21(41)17(13-37)51-33(29)49/h17-49H,2-16H2,1H3/t17-,18-,19-,20-,21-,22-,23-,24-,25+,26+,27+,28+,29-,30-,31-,32-,33+,34+,35-,36-/m1/s1. The van der Waals surface area contributed by atoms with Crippen molar-refractivity contribution in [1.82, 2.24) is 0 Å². The van der Waals surface area contributed by atoms with E-state index in [4.69, 9.17) is 37.9 Å². The number of hydrogen-bond acceptors (Lipinski definition) is 21. The molecular formula is C36H66O21. The van der Waals surface area contributed by atoms with Gasteiger partial charge in [-0.3, -0.25) is 0 Å². The molecule has 4 rings (SSSR count). The number of aliphatic hydroxyl groups is 13. The van der Waals surface area contributed by atoms with Gasteiger partial charge in [0.05, 0.1) is 26.4 Å². The van der Waals surface area contributed by atoms with Gasteiger partial charge in [0, 0.05) is 6.61 Å². The van der Waals surface area contributed by atoms with Crippen molar-refractivity contribution in [2.45, 2.75) is 194 Å². The Hall–Kier alpha value is -0.840. The maximum Gasteiger partial charge on any atom is 0.187 e. The lowest BCUT2D eigenvalue weighted by Gasteiger charge is -2.49. The van der Waals surface area contributed by atoms with Gasteiger partial charge >= 0.3 is 0 Å². The van der Waals surface area contributed by atoms with Crippen LogP contribution in [0.5, 0.6) is 0 Å². The van der Waals surface area contributed by atoms with E-state index in [9.17, 15) is 66.4 Å². The minimum atomic E-state index is -2.01. The SMILES string of the molecule is CCCCCCCCCCCCO[C@H]1[C@H](O[C@H]2[C@@H](O[C@H]3[C@@H](O[C@@H]4[C@@H](O)[C@H](O)[C@@H](CO)O[C@@H]4O)O[C@H](CO)[C@@H](O)[C@@H]3O)O[C@H](CO)[C@@H](O)[C@@H]2O)O[C@H](CO)[C@@H](O)[C@@H]1O. The molecule has 0 aromatic heterocycles. The highest BCUT2D eigenvalue weighted by Gasteiger charge is 2.56. The van der Waals surface area contributed by atoms with Crippen LogP contribution in [0, 0.1) is 0 Å². The summed E-state index contributed by atoms with van der Waals surface area (Å²) in [6.45, 7) is -1.02. The largest absolute Gasteiger partial charge is 0.394 e. The van der Waals surface area contributed by atoms with Gasteiger partial charge in [0.2, 0.25) is 0 Å². The van der Waals surface area contributed by atoms with Crippen molar-refractivity contribution in [1.29, 1.82) is 0 Å². The number of unbranched alkanes of at least 4 members (excludes halogenated alkanes) is 9. The minimum Gasteiger partial charge on any atom is -0.394 e. The summed E-state index contributed by atoms with van der Waals surface area (Å²) in [4.78, 5) is 0. The van der Waals surface area contributed by atoms with E-state index in [1.54, 1.807) is 0 Å². The Morgan fingerprint density at radius 2 is 0.684 bits per heavy atom. The van der Waals surface area contributed by atoms with Crippen molar-refractivity contribution in [3.63, 3.8) is 0 Å². The van der Waals surface area contributed by atoms with Crippen molar-refractivity contribution >= 4 is 0 Å². The molecular weight excluding hydrogens is 768 g/mol. The molecule has 336 valence electrons. The van der Waals surface area contributed by atoms with E-state index in [2.05, 4.69) is 6.92 Å². The molecule has 0 amide bonds. The highest BCUT2D eigenvalue weighted by atomic mass is 16.8. The van der Waals surface area contributed by atoms with Gasteiger partial charge in [-0.1, -0.05) is 64.7 Å². The van der Waals surface area contributed by atoms with Crippen LogP contribution in [0.3, 0.4) is 0 Å². The van der Waals surface area contributed by atoms with Crippen LogP contribution in [0.25, 0.3) is 0 Å². The fraction of sp³-hybridized carbons (Fsp3) is 1.00. The molecule has 4 fully saturated rings. The van der Waals surface area contributed by atoms with E-state index >= 15 is 0 Å². The van der Waals surface area contributed by atoms with Crippen molar-refractivity contribution < 1.29 is 104 Å². The summed E-state index contributed by atoms with van der Waals surface area (Å²) in [5, 5.41) is 137. The number of ether oxygens (including phenoxy) is 8. The molecule has 21 heteroatoms. The van der Waals surface area contributed by atoms with Gasteiger partial charge in [0.15, 0.2) is 25.2 Å². The van der Waals surface area contributed by atoms with Gasteiger partial charge in [-0.05, 0) is 6.42 Å². The smallest absolute Gasteiger partial charge is 0.187 e. The van der Waals surface area contributed by atoms with Crippen LogP contribution in [0.1, 0.15) is 71.1 Å². The van der Waals surface area contributed by atoms with Crippen LogP contribution in [0.15, 0.2) is 0 Å². The van der Waals surface area contributed by atoms with Crippen molar-refractivity contribution in [3.05, 3.63) is 0 Å². The lowest BCUT2D eigenvalue weighted by Crippen LogP contribution is -2.68. The molecule has 4 saturated heterocycles. The number of rotatable bonds is 22. The van der Waals surface area contributed by atoms with Gasteiger partial charge in [0.1, 0.15) is 97.7 Å². The zero-order valence-electron chi connectivity index (χ0n) is 32.2. The third-order valence-corrected chi connectivity index (χ3v) is 11.0. The Bertz CT molecular complexity index is 1110. The van der Waals surface area contributed by atoms with Crippen LogP contribution in [-0.2, 0) is 37.9 Å². The van der Waals surface area contributed by atoms with Crippen LogP contribution < -0.4 is 0 Å². The Balaban J connectivity index is 1.51. The Labute approximate surface area is 331 Å².